The third-order valence-corrected chi connectivity index (χ3v) is 5.11. The molecule has 0 amide bonds. The lowest BCUT2D eigenvalue weighted by atomic mass is 10.2. The lowest BCUT2D eigenvalue weighted by Gasteiger charge is -2.28. The quantitative estimate of drug-likeness (QED) is 0.717. The van der Waals surface area contributed by atoms with Crippen molar-refractivity contribution >= 4 is 22.9 Å². The Hall–Kier alpha value is -2.85. The van der Waals surface area contributed by atoms with Gasteiger partial charge < -0.3 is 20.1 Å². The van der Waals surface area contributed by atoms with Gasteiger partial charge in [-0.1, -0.05) is 0 Å². The number of fused-ring (bicyclic) bond motifs is 1. The summed E-state index contributed by atoms with van der Waals surface area (Å²) in [6, 6.07) is 0. The van der Waals surface area contributed by atoms with Crippen LogP contribution in [0.4, 0.5) is 11.8 Å². The van der Waals surface area contributed by atoms with Gasteiger partial charge >= 0.3 is 0 Å². The molecule has 2 aliphatic heterocycles. The number of morpholine rings is 1. The van der Waals surface area contributed by atoms with Crippen LogP contribution in [0.25, 0.3) is 22.6 Å². The largest absolute Gasteiger partial charge is 0.378 e. The maximum Gasteiger partial charge on any atom is 0.219 e. The van der Waals surface area contributed by atoms with Crippen LogP contribution in [-0.4, -0.2) is 62.4 Å². The summed E-state index contributed by atoms with van der Waals surface area (Å²) in [4.78, 5) is 24.6. The minimum absolute atomic E-state index is 0.0540. The van der Waals surface area contributed by atoms with Gasteiger partial charge in [-0.25, -0.2) is 24.9 Å². The molecule has 0 saturated carbocycles. The van der Waals surface area contributed by atoms with Crippen molar-refractivity contribution in [1.82, 2.24) is 29.5 Å². The van der Waals surface area contributed by atoms with Crippen molar-refractivity contribution in [2.75, 3.05) is 43.5 Å². The predicted octanol–water partition coefficient (Wildman–Crippen LogP) is 1.40. The van der Waals surface area contributed by atoms with Crippen LogP contribution < -0.4 is 10.6 Å². The average Bonchev–Trinajstić information content (AvgIpc) is 3.19. The van der Waals surface area contributed by atoms with Gasteiger partial charge in [0.25, 0.3) is 0 Å². The van der Waals surface area contributed by atoms with E-state index in [-0.39, 0.29) is 12.2 Å². The van der Waals surface area contributed by atoms with Crippen LogP contribution in [0.1, 0.15) is 25.5 Å². The van der Waals surface area contributed by atoms with Gasteiger partial charge in [0.05, 0.1) is 25.1 Å². The van der Waals surface area contributed by atoms with Gasteiger partial charge in [-0.2, -0.15) is 0 Å². The number of hydrogen-bond donors (Lipinski definition) is 1. The van der Waals surface area contributed by atoms with Gasteiger partial charge in [-0.05, 0) is 19.3 Å². The van der Waals surface area contributed by atoms with E-state index in [1.54, 1.807) is 12.4 Å². The fourth-order valence-electron chi connectivity index (χ4n) is 3.63. The Balaban J connectivity index is 1.65. The standard InChI is InChI=1S/C18H22N8O2/c19-18-20-9-12(10-21-18)15-23-16(25-4-7-27-8-5-25)14-17(24-15)26(11-22-14)13-3-1-2-6-28-13/h9-11,13H,1-8H2,(H2,19,20,21). The fourth-order valence-corrected chi connectivity index (χ4v) is 3.63. The molecule has 10 heteroatoms. The molecule has 146 valence electrons. The second kappa shape index (κ2) is 7.28. The number of anilines is 2. The summed E-state index contributed by atoms with van der Waals surface area (Å²) in [7, 11) is 0. The summed E-state index contributed by atoms with van der Waals surface area (Å²) in [6.45, 7) is 3.61. The summed E-state index contributed by atoms with van der Waals surface area (Å²) in [5.41, 5.74) is 7.88. The van der Waals surface area contributed by atoms with E-state index >= 15 is 0 Å². The van der Waals surface area contributed by atoms with Crippen LogP contribution in [0.5, 0.6) is 0 Å². The molecule has 2 fully saturated rings. The Morgan fingerprint density at radius 3 is 2.57 bits per heavy atom. The molecule has 10 nitrogen and oxygen atoms in total. The first-order chi connectivity index (χ1) is 13.8. The van der Waals surface area contributed by atoms with Crippen molar-refractivity contribution in [3.05, 3.63) is 18.7 Å². The van der Waals surface area contributed by atoms with E-state index in [4.69, 9.17) is 25.2 Å². The van der Waals surface area contributed by atoms with E-state index < -0.39 is 0 Å². The zero-order valence-electron chi connectivity index (χ0n) is 15.5. The molecule has 28 heavy (non-hydrogen) atoms. The number of nitrogens with zero attached hydrogens (tertiary/aromatic N) is 7. The number of imidazole rings is 1. The monoisotopic (exact) mass is 382 g/mol. The minimum Gasteiger partial charge on any atom is -0.378 e. The van der Waals surface area contributed by atoms with Crippen molar-refractivity contribution in [3.63, 3.8) is 0 Å². The van der Waals surface area contributed by atoms with Crippen LogP contribution in [0.3, 0.4) is 0 Å². The van der Waals surface area contributed by atoms with Gasteiger partial charge in [-0.15, -0.1) is 0 Å². The first-order valence-electron chi connectivity index (χ1n) is 9.56. The highest BCUT2D eigenvalue weighted by atomic mass is 16.5. The number of ether oxygens (including phenoxy) is 2. The molecule has 5 rings (SSSR count). The number of aromatic nitrogens is 6. The van der Waals surface area contributed by atoms with Crippen LogP contribution in [0.2, 0.25) is 0 Å². The minimum atomic E-state index is -0.0540. The second-order valence-corrected chi connectivity index (χ2v) is 6.95. The molecule has 0 spiro atoms. The molecule has 0 aromatic carbocycles. The molecule has 0 aliphatic carbocycles. The number of hydrogen-bond acceptors (Lipinski definition) is 9. The lowest BCUT2D eigenvalue weighted by Crippen LogP contribution is -2.37. The van der Waals surface area contributed by atoms with Crippen molar-refractivity contribution < 1.29 is 9.47 Å². The topological polar surface area (TPSA) is 117 Å². The van der Waals surface area contributed by atoms with Crippen molar-refractivity contribution in [1.29, 1.82) is 0 Å². The molecule has 2 saturated heterocycles. The summed E-state index contributed by atoms with van der Waals surface area (Å²) >= 11 is 0. The summed E-state index contributed by atoms with van der Waals surface area (Å²) < 4.78 is 13.5. The number of rotatable bonds is 3. The van der Waals surface area contributed by atoms with Crippen molar-refractivity contribution in [3.8, 4) is 11.4 Å². The molecular formula is C18H22N8O2. The highest BCUT2D eigenvalue weighted by Crippen LogP contribution is 2.31. The van der Waals surface area contributed by atoms with Crippen LogP contribution in [0.15, 0.2) is 18.7 Å². The van der Waals surface area contributed by atoms with Crippen molar-refractivity contribution in [2.24, 2.45) is 0 Å². The molecule has 0 radical (unpaired) electrons. The van der Waals surface area contributed by atoms with E-state index in [0.717, 1.165) is 55.9 Å². The van der Waals surface area contributed by atoms with Crippen molar-refractivity contribution in [2.45, 2.75) is 25.5 Å². The van der Waals surface area contributed by atoms with E-state index in [9.17, 15) is 0 Å². The molecule has 1 atom stereocenters. The molecule has 3 aromatic rings. The van der Waals surface area contributed by atoms with E-state index in [0.29, 0.717) is 24.6 Å². The molecule has 0 bridgehead atoms. The number of nitrogen functional groups attached to an aromatic ring is 1. The first-order valence-corrected chi connectivity index (χ1v) is 9.56. The molecule has 2 N–H and O–H groups in total. The second-order valence-electron chi connectivity index (χ2n) is 6.95. The zero-order valence-corrected chi connectivity index (χ0v) is 15.5. The highest BCUT2D eigenvalue weighted by molar-refractivity contribution is 5.85. The van der Waals surface area contributed by atoms with Gasteiger partial charge in [-0.3, -0.25) is 4.57 Å². The molecule has 2 aliphatic rings. The summed E-state index contributed by atoms with van der Waals surface area (Å²) in [6.07, 6.45) is 8.21. The van der Waals surface area contributed by atoms with Crippen LogP contribution >= 0.6 is 0 Å². The van der Waals surface area contributed by atoms with Crippen LogP contribution in [-0.2, 0) is 9.47 Å². The van der Waals surface area contributed by atoms with Crippen LogP contribution in [0, 0.1) is 0 Å². The zero-order chi connectivity index (χ0) is 18.9. The molecule has 1 unspecified atom stereocenters. The Bertz CT molecular complexity index is 962. The van der Waals surface area contributed by atoms with E-state index in [2.05, 4.69) is 19.9 Å². The van der Waals surface area contributed by atoms with E-state index in [1.165, 1.54) is 0 Å². The van der Waals surface area contributed by atoms with Gasteiger partial charge in [0, 0.05) is 32.1 Å². The Kier molecular flexibility index (Phi) is 4.49. The molecular weight excluding hydrogens is 360 g/mol. The van der Waals surface area contributed by atoms with Gasteiger partial charge in [0.2, 0.25) is 5.95 Å². The smallest absolute Gasteiger partial charge is 0.219 e. The predicted molar refractivity (Wildman–Crippen MR) is 103 cm³/mol. The number of nitrogens with two attached hydrogens (primary N) is 1. The average molecular weight is 382 g/mol. The Morgan fingerprint density at radius 1 is 1.00 bits per heavy atom. The third-order valence-electron chi connectivity index (χ3n) is 5.11. The fraction of sp³-hybridized carbons (Fsp3) is 0.500. The molecule has 3 aromatic heterocycles. The summed E-state index contributed by atoms with van der Waals surface area (Å²) in [5.74, 6) is 1.57. The third kappa shape index (κ3) is 3.14. The molecule has 5 heterocycles. The maximum atomic E-state index is 5.96. The lowest BCUT2D eigenvalue weighted by molar-refractivity contribution is -0.0298. The maximum absolute atomic E-state index is 5.96. The Morgan fingerprint density at radius 2 is 1.82 bits per heavy atom. The highest BCUT2D eigenvalue weighted by Gasteiger charge is 2.24. The van der Waals surface area contributed by atoms with E-state index in [1.807, 2.05) is 10.9 Å². The first kappa shape index (κ1) is 17.3. The normalized spacial score (nSPS) is 20.6. The Labute approximate surface area is 161 Å². The SMILES string of the molecule is Nc1ncc(-c2nc(N3CCOCC3)c3ncn(C4CCCCO4)c3n2)cn1. The summed E-state index contributed by atoms with van der Waals surface area (Å²) in [5, 5.41) is 0. The van der Waals surface area contributed by atoms with Gasteiger partial charge in [0.1, 0.15) is 6.23 Å². The van der Waals surface area contributed by atoms with Gasteiger partial charge in [0.15, 0.2) is 22.8 Å².